The number of hydrogen-bond acceptors (Lipinski definition) is 2. The number of amides is 1. The van der Waals surface area contributed by atoms with Crippen LogP contribution in [0.15, 0.2) is 0 Å². The number of hydrogen-bond donors (Lipinski definition) is 1. The Morgan fingerprint density at radius 1 is 1.05 bits per heavy atom. The van der Waals surface area contributed by atoms with Gasteiger partial charge in [0.1, 0.15) is 0 Å². The summed E-state index contributed by atoms with van der Waals surface area (Å²) in [6, 6.07) is 0.420. The molecule has 0 aromatic carbocycles. The quantitative estimate of drug-likeness (QED) is 0.845. The molecule has 0 spiro atoms. The topological polar surface area (TPSA) is 29.1 Å². The first-order chi connectivity index (χ1) is 9.16. The predicted molar refractivity (Wildman–Crippen MR) is 83.4 cm³/mol. The summed E-state index contributed by atoms with van der Waals surface area (Å²) in [6.07, 6.45) is 10.5. The second-order valence-electron chi connectivity index (χ2n) is 6.51. The van der Waals surface area contributed by atoms with Gasteiger partial charge in [0, 0.05) is 11.3 Å². The summed E-state index contributed by atoms with van der Waals surface area (Å²) < 4.78 is 0. The van der Waals surface area contributed by atoms with E-state index in [2.05, 4.69) is 19.2 Å². The zero-order valence-corrected chi connectivity index (χ0v) is 13.3. The molecule has 3 atom stereocenters. The van der Waals surface area contributed by atoms with Crippen molar-refractivity contribution in [3.05, 3.63) is 0 Å². The highest BCUT2D eigenvalue weighted by Crippen LogP contribution is 2.30. The van der Waals surface area contributed by atoms with Gasteiger partial charge in [0.2, 0.25) is 5.91 Å². The molecule has 1 amide bonds. The van der Waals surface area contributed by atoms with Crippen LogP contribution >= 0.6 is 11.8 Å². The van der Waals surface area contributed by atoms with Crippen LogP contribution in [0, 0.1) is 11.8 Å². The molecule has 2 nitrogen and oxygen atoms in total. The highest BCUT2D eigenvalue weighted by atomic mass is 32.2. The molecule has 19 heavy (non-hydrogen) atoms. The molecular weight excluding hydrogens is 254 g/mol. The summed E-state index contributed by atoms with van der Waals surface area (Å²) >= 11 is 1.88. The molecule has 2 aliphatic carbocycles. The van der Waals surface area contributed by atoms with Crippen molar-refractivity contribution in [1.82, 2.24) is 5.32 Å². The first kappa shape index (κ1) is 15.2. The van der Waals surface area contributed by atoms with E-state index < -0.39 is 0 Å². The van der Waals surface area contributed by atoms with Crippen molar-refractivity contribution in [3.8, 4) is 0 Å². The Balaban J connectivity index is 1.68. The molecule has 1 N–H and O–H groups in total. The number of rotatable bonds is 4. The Hall–Kier alpha value is -0.180. The van der Waals surface area contributed by atoms with E-state index in [9.17, 15) is 4.79 Å². The van der Waals surface area contributed by atoms with Crippen LogP contribution in [-0.2, 0) is 4.79 Å². The van der Waals surface area contributed by atoms with Gasteiger partial charge in [0.15, 0.2) is 0 Å². The fourth-order valence-electron chi connectivity index (χ4n) is 3.46. The van der Waals surface area contributed by atoms with Gasteiger partial charge >= 0.3 is 0 Å². The summed E-state index contributed by atoms with van der Waals surface area (Å²) in [5.41, 5.74) is 0. The molecule has 2 aliphatic rings. The standard InChI is InChI=1S/C16H29NOS/c1-12-7-6-10-15(13(12)2)17-16(18)11-19-14-8-4-3-5-9-14/h12-15H,3-11H2,1-2H3,(H,17,18)/t12-,13-,15+/m1/s1. The van der Waals surface area contributed by atoms with E-state index in [-0.39, 0.29) is 5.91 Å². The van der Waals surface area contributed by atoms with Gasteiger partial charge in [0.05, 0.1) is 5.75 Å². The number of carbonyl (C=O) groups excluding carboxylic acids is 1. The minimum Gasteiger partial charge on any atom is -0.352 e. The zero-order chi connectivity index (χ0) is 13.7. The van der Waals surface area contributed by atoms with Crippen LogP contribution in [0.5, 0.6) is 0 Å². The molecule has 0 aromatic heterocycles. The molecule has 0 aliphatic heterocycles. The number of carbonyl (C=O) groups is 1. The lowest BCUT2D eigenvalue weighted by Gasteiger charge is -2.34. The van der Waals surface area contributed by atoms with E-state index >= 15 is 0 Å². The van der Waals surface area contributed by atoms with E-state index in [4.69, 9.17) is 0 Å². The van der Waals surface area contributed by atoms with Gasteiger partial charge in [-0.15, -0.1) is 11.8 Å². The SMILES string of the molecule is C[C@@H]1[C@H](C)CCC[C@@H]1NC(=O)CSC1CCCCC1. The Morgan fingerprint density at radius 3 is 2.53 bits per heavy atom. The van der Waals surface area contributed by atoms with Crippen LogP contribution in [0.25, 0.3) is 0 Å². The third-order valence-electron chi connectivity index (χ3n) is 5.06. The van der Waals surface area contributed by atoms with Crippen LogP contribution in [0.1, 0.15) is 65.2 Å². The van der Waals surface area contributed by atoms with Crippen LogP contribution in [0.4, 0.5) is 0 Å². The lowest BCUT2D eigenvalue weighted by Crippen LogP contribution is -2.44. The monoisotopic (exact) mass is 283 g/mol. The Labute approximate surface area is 122 Å². The molecule has 0 saturated heterocycles. The Kier molecular flexibility index (Phi) is 6.06. The summed E-state index contributed by atoms with van der Waals surface area (Å²) in [5.74, 6) is 2.33. The average molecular weight is 283 g/mol. The maximum atomic E-state index is 12.1. The van der Waals surface area contributed by atoms with E-state index in [1.54, 1.807) is 0 Å². The predicted octanol–water partition coefficient (Wildman–Crippen LogP) is 3.99. The molecule has 2 fully saturated rings. The summed E-state index contributed by atoms with van der Waals surface area (Å²) in [6.45, 7) is 4.61. The van der Waals surface area contributed by atoms with Crippen molar-refractivity contribution in [2.75, 3.05) is 5.75 Å². The summed E-state index contributed by atoms with van der Waals surface area (Å²) in [5, 5.41) is 4.02. The van der Waals surface area contributed by atoms with Crippen molar-refractivity contribution in [2.24, 2.45) is 11.8 Å². The third-order valence-corrected chi connectivity index (χ3v) is 6.43. The lowest BCUT2D eigenvalue weighted by atomic mass is 9.78. The van der Waals surface area contributed by atoms with E-state index in [1.807, 2.05) is 11.8 Å². The van der Waals surface area contributed by atoms with Gasteiger partial charge in [-0.1, -0.05) is 46.0 Å². The van der Waals surface area contributed by atoms with E-state index in [1.165, 1.54) is 51.4 Å². The molecule has 2 rings (SSSR count). The third kappa shape index (κ3) is 4.70. The van der Waals surface area contributed by atoms with Crippen molar-refractivity contribution in [1.29, 1.82) is 0 Å². The maximum Gasteiger partial charge on any atom is 0.230 e. The summed E-state index contributed by atoms with van der Waals surface area (Å²) in [7, 11) is 0. The Bertz CT molecular complexity index is 288. The molecule has 3 heteroatoms. The first-order valence-corrected chi connectivity index (χ1v) is 9.12. The normalized spacial score (nSPS) is 33.1. The smallest absolute Gasteiger partial charge is 0.230 e. The second kappa shape index (κ2) is 7.56. The van der Waals surface area contributed by atoms with Crippen molar-refractivity contribution in [3.63, 3.8) is 0 Å². The highest BCUT2D eigenvalue weighted by Gasteiger charge is 2.28. The molecule has 0 aromatic rings. The van der Waals surface area contributed by atoms with Gasteiger partial charge in [0.25, 0.3) is 0 Å². The minimum atomic E-state index is 0.265. The van der Waals surface area contributed by atoms with Crippen LogP contribution < -0.4 is 5.32 Å². The first-order valence-electron chi connectivity index (χ1n) is 8.08. The van der Waals surface area contributed by atoms with Crippen LogP contribution in [0.2, 0.25) is 0 Å². The van der Waals surface area contributed by atoms with Gasteiger partial charge < -0.3 is 5.32 Å². The Morgan fingerprint density at radius 2 is 1.79 bits per heavy atom. The van der Waals surface area contributed by atoms with Gasteiger partial charge in [-0.3, -0.25) is 4.79 Å². The van der Waals surface area contributed by atoms with Crippen LogP contribution in [-0.4, -0.2) is 23.0 Å². The summed E-state index contributed by atoms with van der Waals surface area (Å²) in [4.78, 5) is 12.1. The molecular formula is C16H29NOS. The highest BCUT2D eigenvalue weighted by molar-refractivity contribution is 8.00. The van der Waals surface area contributed by atoms with E-state index in [0.29, 0.717) is 17.7 Å². The van der Waals surface area contributed by atoms with Crippen molar-refractivity contribution >= 4 is 17.7 Å². The van der Waals surface area contributed by atoms with Gasteiger partial charge in [-0.25, -0.2) is 0 Å². The second-order valence-corrected chi connectivity index (χ2v) is 7.80. The molecule has 110 valence electrons. The zero-order valence-electron chi connectivity index (χ0n) is 12.5. The molecule has 0 bridgehead atoms. The van der Waals surface area contributed by atoms with E-state index in [0.717, 1.165) is 11.2 Å². The largest absolute Gasteiger partial charge is 0.352 e. The molecule has 0 radical (unpaired) electrons. The average Bonchev–Trinajstić information content (AvgIpc) is 2.43. The maximum absolute atomic E-state index is 12.1. The fraction of sp³-hybridized carbons (Fsp3) is 0.938. The molecule has 2 saturated carbocycles. The van der Waals surface area contributed by atoms with Gasteiger partial charge in [-0.05, 0) is 31.1 Å². The fourth-order valence-corrected chi connectivity index (χ4v) is 4.60. The van der Waals surface area contributed by atoms with Crippen LogP contribution in [0.3, 0.4) is 0 Å². The molecule has 0 unspecified atom stereocenters. The van der Waals surface area contributed by atoms with Crippen molar-refractivity contribution < 1.29 is 4.79 Å². The minimum absolute atomic E-state index is 0.265. The van der Waals surface area contributed by atoms with Gasteiger partial charge in [-0.2, -0.15) is 0 Å². The number of thioether (sulfide) groups is 1. The van der Waals surface area contributed by atoms with Crippen molar-refractivity contribution in [2.45, 2.75) is 76.5 Å². The lowest BCUT2D eigenvalue weighted by molar-refractivity contribution is -0.120. The molecule has 0 heterocycles. The number of nitrogens with one attached hydrogen (secondary N) is 1.